The van der Waals surface area contributed by atoms with E-state index in [2.05, 4.69) is 22.1 Å². The number of ether oxygens (including phenoxy) is 1. The number of carbonyl (C=O) groups excluding carboxylic acids is 1. The molecule has 1 amide bonds. The zero-order valence-corrected chi connectivity index (χ0v) is 18.1. The fourth-order valence-corrected chi connectivity index (χ4v) is 4.99. The first-order valence-electron chi connectivity index (χ1n) is 11.1. The van der Waals surface area contributed by atoms with Crippen LogP contribution in [0.2, 0.25) is 0 Å². The minimum Gasteiger partial charge on any atom is -0.481 e. The minimum absolute atomic E-state index is 0.402. The molecule has 1 aliphatic carbocycles. The summed E-state index contributed by atoms with van der Waals surface area (Å²) in [6.07, 6.45) is 4.00. The first-order valence-corrected chi connectivity index (χ1v) is 11.1. The maximum absolute atomic E-state index is 12.7. The molecule has 4 aromatic rings. The van der Waals surface area contributed by atoms with Crippen LogP contribution in [0.3, 0.4) is 0 Å². The Bertz CT molecular complexity index is 1380. The van der Waals surface area contributed by atoms with Gasteiger partial charge in [-0.15, -0.1) is 0 Å². The second-order valence-corrected chi connectivity index (χ2v) is 8.37. The monoisotopic (exact) mass is 443 g/mol. The molecule has 0 fully saturated rings. The number of nitrogens with one attached hydrogen (secondary N) is 1. The molecule has 0 aliphatic heterocycles. The lowest BCUT2D eigenvalue weighted by Gasteiger charge is -2.21. The van der Waals surface area contributed by atoms with Crippen molar-refractivity contribution in [3.8, 4) is 5.75 Å². The van der Waals surface area contributed by atoms with E-state index >= 15 is 0 Å². The van der Waals surface area contributed by atoms with Crippen LogP contribution in [0, 0.1) is 0 Å². The number of hydrogen-bond donors (Lipinski definition) is 3. The Hall–Kier alpha value is -3.84. The second kappa shape index (κ2) is 8.60. The highest BCUT2D eigenvalue weighted by Gasteiger charge is 2.26. The summed E-state index contributed by atoms with van der Waals surface area (Å²) < 4.78 is 8.04. The van der Waals surface area contributed by atoms with E-state index in [1.54, 1.807) is 6.07 Å². The lowest BCUT2D eigenvalue weighted by atomic mass is 9.89. The number of aromatic nitrogens is 1. The third-order valence-corrected chi connectivity index (χ3v) is 6.35. The van der Waals surface area contributed by atoms with Crippen LogP contribution in [0.5, 0.6) is 5.75 Å². The van der Waals surface area contributed by atoms with Crippen molar-refractivity contribution in [1.29, 1.82) is 0 Å². The summed E-state index contributed by atoms with van der Waals surface area (Å²) in [4.78, 5) is 24.0. The zero-order chi connectivity index (χ0) is 22.9. The van der Waals surface area contributed by atoms with E-state index in [0.29, 0.717) is 17.9 Å². The molecule has 0 saturated heterocycles. The fraction of sp³-hybridized carbons (Fsp3) is 0.231. The van der Waals surface area contributed by atoms with Crippen molar-refractivity contribution < 1.29 is 19.4 Å². The third kappa shape index (κ3) is 3.70. The molecule has 0 atom stereocenters. The average Bonchev–Trinajstić information content (AvgIpc) is 3.17. The predicted octanol–water partition coefficient (Wildman–Crippen LogP) is 3.79. The van der Waals surface area contributed by atoms with E-state index < -0.39 is 18.5 Å². The van der Waals surface area contributed by atoms with Crippen LogP contribution in [-0.2, 0) is 24.2 Å². The van der Waals surface area contributed by atoms with E-state index in [1.165, 1.54) is 11.1 Å². The Kier molecular flexibility index (Phi) is 5.48. The van der Waals surface area contributed by atoms with Gasteiger partial charge in [-0.3, -0.25) is 10.2 Å². The maximum atomic E-state index is 12.7. The van der Waals surface area contributed by atoms with Crippen molar-refractivity contribution in [3.63, 3.8) is 0 Å². The Morgan fingerprint density at radius 1 is 1.03 bits per heavy atom. The molecule has 1 heterocycles. The molecular formula is C26H25N3O4. The highest BCUT2D eigenvalue weighted by Crippen LogP contribution is 2.43. The van der Waals surface area contributed by atoms with Crippen molar-refractivity contribution in [3.05, 3.63) is 76.9 Å². The van der Waals surface area contributed by atoms with E-state index in [9.17, 15) is 14.7 Å². The molecule has 168 valence electrons. The van der Waals surface area contributed by atoms with Crippen molar-refractivity contribution in [2.75, 3.05) is 6.61 Å². The summed E-state index contributed by atoms with van der Waals surface area (Å²) in [5, 5.41) is 10.8. The molecule has 0 unspecified atom stereocenters. The SMILES string of the molecule is NNC(=O)c1cccc2c1c1c(OCC(=O)O)cc3c(c1n2Cc1ccccc1)CCCC3. The van der Waals surface area contributed by atoms with Crippen LogP contribution in [0.25, 0.3) is 21.8 Å². The summed E-state index contributed by atoms with van der Waals surface area (Å²) >= 11 is 0. The summed E-state index contributed by atoms with van der Waals surface area (Å²) in [5.74, 6) is 4.54. The largest absolute Gasteiger partial charge is 0.481 e. The Balaban J connectivity index is 1.90. The number of benzene rings is 3. The number of nitrogen functional groups attached to an aromatic ring is 1. The molecule has 4 N–H and O–H groups in total. The lowest BCUT2D eigenvalue weighted by molar-refractivity contribution is -0.139. The van der Waals surface area contributed by atoms with Gasteiger partial charge < -0.3 is 14.4 Å². The van der Waals surface area contributed by atoms with Gasteiger partial charge in [0.1, 0.15) is 5.75 Å². The molecule has 7 heteroatoms. The smallest absolute Gasteiger partial charge is 0.341 e. The average molecular weight is 444 g/mol. The number of carboxylic acid groups (broad SMARTS) is 1. The first-order chi connectivity index (χ1) is 16.1. The Labute approximate surface area is 190 Å². The number of hydrazine groups is 1. The van der Waals surface area contributed by atoms with Crippen molar-refractivity contribution >= 4 is 33.7 Å². The minimum atomic E-state index is -1.05. The molecule has 0 bridgehead atoms. The van der Waals surface area contributed by atoms with Gasteiger partial charge in [0, 0.05) is 11.9 Å². The maximum Gasteiger partial charge on any atom is 0.341 e. The van der Waals surface area contributed by atoms with Crippen LogP contribution in [0.15, 0.2) is 54.6 Å². The third-order valence-electron chi connectivity index (χ3n) is 6.35. The topological polar surface area (TPSA) is 107 Å². The molecule has 0 saturated carbocycles. The quantitative estimate of drug-likeness (QED) is 0.239. The lowest BCUT2D eigenvalue weighted by Crippen LogP contribution is -2.30. The molecule has 3 aromatic carbocycles. The molecule has 1 aromatic heterocycles. The van der Waals surface area contributed by atoms with E-state index in [0.717, 1.165) is 53.1 Å². The van der Waals surface area contributed by atoms with Crippen molar-refractivity contribution in [1.82, 2.24) is 9.99 Å². The van der Waals surface area contributed by atoms with E-state index in [4.69, 9.17) is 10.6 Å². The van der Waals surface area contributed by atoms with Crippen molar-refractivity contribution in [2.45, 2.75) is 32.2 Å². The van der Waals surface area contributed by atoms with Crippen LogP contribution in [-0.4, -0.2) is 28.2 Å². The summed E-state index contributed by atoms with van der Waals surface area (Å²) in [7, 11) is 0. The molecule has 7 nitrogen and oxygen atoms in total. The predicted molar refractivity (Wildman–Crippen MR) is 126 cm³/mol. The molecular weight excluding hydrogens is 418 g/mol. The number of nitrogens with two attached hydrogens (primary N) is 1. The van der Waals surface area contributed by atoms with Gasteiger partial charge in [0.15, 0.2) is 6.61 Å². The van der Waals surface area contributed by atoms with Gasteiger partial charge in [-0.1, -0.05) is 36.4 Å². The van der Waals surface area contributed by atoms with Gasteiger partial charge in [-0.25, -0.2) is 10.6 Å². The number of carbonyl (C=O) groups is 2. The highest BCUT2D eigenvalue weighted by atomic mass is 16.5. The number of carboxylic acids is 1. The van der Waals surface area contributed by atoms with Gasteiger partial charge in [0.25, 0.3) is 5.91 Å². The fourth-order valence-electron chi connectivity index (χ4n) is 4.99. The normalized spacial score (nSPS) is 13.1. The molecule has 0 spiro atoms. The zero-order valence-electron chi connectivity index (χ0n) is 18.1. The van der Waals surface area contributed by atoms with Gasteiger partial charge in [-0.2, -0.15) is 0 Å². The summed E-state index contributed by atoms with van der Waals surface area (Å²) in [6.45, 7) is 0.161. The molecule has 5 rings (SSSR count). The van der Waals surface area contributed by atoms with Crippen LogP contribution < -0.4 is 16.0 Å². The Morgan fingerprint density at radius 3 is 2.58 bits per heavy atom. The number of fused-ring (bicyclic) bond motifs is 5. The Morgan fingerprint density at radius 2 is 1.82 bits per heavy atom. The second-order valence-electron chi connectivity index (χ2n) is 8.37. The molecule has 33 heavy (non-hydrogen) atoms. The number of hydrogen-bond acceptors (Lipinski definition) is 4. The van der Waals surface area contributed by atoms with Gasteiger partial charge in [0.05, 0.1) is 22.0 Å². The summed E-state index contributed by atoms with van der Waals surface area (Å²) in [5.41, 5.74) is 8.11. The summed E-state index contributed by atoms with van der Waals surface area (Å²) in [6, 6.07) is 17.7. The van der Waals surface area contributed by atoms with E-state index in [-0.39, 0.29) is 0 Å². The van der Waals surface area contributed by atoms with Gasteiger partial charge in [-0.05, 0) is 60.6 Å². The van der Waals surface area contributed by atoms with Gasteiger partial charge >= 0.3 is 5.97 Å². The molecule has 0 radical (unpaired) electrons. The van der Waals surface area contributed by atoms with Crippen LogP contribution in [0.1, 0.15) is 39.9 Å². The number of nitrogens with zero attached hydrogens (tertiary/aromatic N) is 1. The van der Waals surface area contributed by atoms with E-state index in [1.807, 2.05) is 36.4 Å². The molecule has 1 aliphatic rings. The van der Waals surface area contributed by atoms with Crippen molar-refractivity contribution in [2.24, 2.45) is 5.84 Å². The first kappa shape index (κ1) is 21.0. The van der Waals surface area contributed by atoms with Crippen LogP contribution >= 0.6 is 0 Å². The van der Waals surface area contributed by atoms with Gasteiger partial charge in [0.2, 0.25) is 0 Å². The number of rotatable bonds is 6. The number of aryl methyl sites for hydroxylation is 2. The highest BCUT2D eigenvalue weighted by molar-refractivity contribution is 6.20. The number of aliphatic carboxylic acids is 1. The number of amides is 1. The van der Waals surface area contributed by atoms with Crippen LogP contribution in [0.4, 0.5) is 0 Å². The standard InChI is InChI=1S/C26H25N3O4/c27-28-26(32)19-11-6-12-20-23(19)24-21(33-15-22(30)31)13-17-9-4-5-10-18(17)25(24)29(20)14-16-7-2-1-3-8-16/h1-3,6-8,11-13H,4-5,9-10,14-15,27H2,(H,28,32)(H,30,31).